The number of ketones is 2. The lowest BCUT2D eigenvalue weighted by molar-refractivity contribution is -0.239. The second-order valence-corrected chi connectivity index (χ2v) is 13.5. The van der Waals surface area contributed by atoms with Gasteiger partial charge in [0.15, 0.2) is 18.0 Å². The van der Waals surface area contributed by atoms with Crippen molar-refractivity contribution in [2.45, 2.75) is 108 Å². The Kier molecular flexibility index (Phi) is 8.78. The van der Waals surface area contributed by atoms with Crippen LogP contribution in [0.15, 0.2) is 23.8 Å². The van der Waals surface area contributed by atoms with E-state index in [1.54, 1.807) is 26.8 Å². The Labute approximate surface area is 249 Å². The summed E-state index contributed by atoms with van der Waals surface area (Å²) in [6.07, 6.45) is 4.82. The van der Waals surface area contributed by atoms with Crippen LogP contribution in [0.4, 0.5) is 0 Å². The normalized spacial score (nSPS) is 39.1. The monoisotopic (exact) mass is 636 g/mol. The third kappa shape index (κ3) is 4.64. The summed E-state index contributed by atoms with van der Waals surface area (Å²) in [7, 11) is 0. The van der Waals surface area contributed by atoms with Gasteiger partial charge in [-0.1, -0.05) is 62.2 Å². The van der Waals surface area contributed by atoms with Crippen molar-refractivity contribution >= 4 is 45.4 Å². The molecule has 0 aromatic heterocycles. The number of hydrogen-bond donors (Lipinski definition) is 1. The van der Waals surface area contributed by atoms with E-state index >= 15 is 0 Å². The first-order valence-electron chi connectivity index (χ1n) is 14.7. The Hall–Kier alpha value is -2.33. The van der Waals surface area contributed by atoms with Crippen LogP contribution in [0.1, 0.15) is 86.0 Å². The average molecular weight is 638 g/mol. The number of aliphatic hydroxyl groups is 1. The fourth-order valence-electron chi connectivity index (χ4n) is 8.07. The number of carbonyl (C=O) groups is 5. The number of esters is 3. The van der Waals surface area contributed by atoms with Crippen molar-refractivity contribution in [1.29, 1.82) is 0 Å². The van der Waals surface area contributed by atoms with Gasteiger partial charge in [0.2, 0.25) is 5.78 Å². The van der Waals surface area contributed by atoms with Gasteiger partial charge in [0, 0.05) is 24.7 Å². The summed E-state index contributed by atoms with van der Waals surface area (Å²) >= 11 is 3.98. The van der Waals surface area contributed by atoms with Crippen LogP contribution in [0.5, 0.6) is 0 Å². The topological polar surface area (TPSA) is 133 Å². The molecule has 4 aliphatic rings. The summed E-state index contributed by atoms with van der Waals surface area (Å²) in [5.74, 6) is -3.00. The quantitative estimate of drug-likeness (QED) is 0.223. The van der Waals surface area contributed by atoms with Gasteiger partial charge < -0.3 is 19.3 Å². The van der Waals surface area contributed by atoms with Crippen molar-refractivity contribution in [3.8, 4) is 0 Å². The van der Waals surface area contributed by atoms with E-state index in [1.165, 1.54) is 6.08 Å². The Morgan fingerprint density at radius 3 is 2.34 bits per heavy atom. The average Bonchev–Trinajstić information content (AvgIpc) is 3.23. The summed E-state index contributed by atoms with van der Waals surface area (Å²) in [4.78, 5) is 64.4. The molecule has 0 amide bonds. The molecule has 41 heavy (non-hydrogen) atoms. The van der Waals surface area contributed by atoms with Gasteiger partial charge in [0.1, 0.15) is 12.2 Å². The zero-order valence-corrected chi connectivity index (χ0v) is 26.1. The zero-order chi connectivity index (χ0) is 30.4. The molecular formula is C31H41BrO9. The van der Waals surface area contributed by atoms with Crippen LogP contribution in [-0.2, 0) is 38.2 Å². The fourth-order valence-corrected chi connectivity index (χ4v) is 9.25. The number of alkyl halides is 1. The molecule has 3 fully saturated rings. The van der Waals surface area contributed by atoms with E-state index in [2.05, 4.69) is 15.9 Å². The molecular weight excluding hydrogens is 596 g/mol. The number of ether oxygens (including phenoxy) is 3. The number of halogens is 1. The fraction of sp³-hybridized carbons (Fsp3) is 0.710. The molecule has 0 unspecified atom stereocenters. The molecule has 4 aliphatic carbocycles. The Bertz CT molecular complexity index is 1190. The van der Waals surface area contributed by atoms with E-state index < -0.39 is 63.3 Å². The molecule has 4 rings (SSSR count). The number of carbonyl (C=O) groups excluding carboxylic acids is 5. The molecule has 0 bridgehead atoms. The van der Waals surface area contributed by atoms with Crippen LogP contribution < -0.4 is 0 Å². The second kappa shape index (κ2) is 11.4. The highest BCUT2D eigenvalue weighted by molar-refractivity contribution is 9.10. The van der Waals surface area contributed by atoms with Gasteiger partial charge in [-0.15, -0.1) is 0 Å². The maximum absolute atomic E-state index is 14.1. The van der Waals surface area contributed by atoms with E-state index in [-0.39, 0.29) is 43.3 Å². The van der Waals surface area contributed by atoms with E-state index in [0.29, 0.717) is 25.7 Å². The van der Waals surface area contributed by atoms with Crippen molar-refractivity contribution in [1.82, 2.24) is 0 Å². The highest BCUT2D eigenvalue weighted by Gasteiger charge is 2.78. The summed E-state index contributed by atoms with van der Waals surface area (Å²) in [6.45, 7) is 8.20. The first kappa shape index (κ1) is 31.6. The Morgan fingerprint density at radius 2 is 1.71 bits per heavy atom. The molecule has 0 aliphatic heterocycles. The Morgan fingerprint density at radius 1 is 1.02 bits per heavy atom. The molecule has 0 spiro atoms. The molecule has 8 atom stereocenters. The number of hydrogen-bond acceptors (Lipinski definition) is 9. The van der Waals surface area contributed by atoms with Crippen LogP contribution in [0.25, 0.3) is 0 Å². The van der Waals surface area contributed by atoms with Gasteiger partial charge in [-0.3, -0.25) is 24.0 Å². The number of rotatable bonds is 9. The van der Waals surface area contributed by atoms with Crippen LogP contribution >= 0.6 is 15.9 Å². The summed E-state index contributed by atoms with van der Waals surface area (Å²) in [6, 6.07) is 0. The molecule has 0 aromatic carbocycles. The van der Waals surface area contributed by atoms with E-state index in [0.717, 1.165) is 5.57 Å². The van der Waals surface area contributed by atoms with Crippen molar-refractivity contribution in [2.75, 3.05) is 6.61 Å². The van der Waals surface area contributed by atoms with Gasteiger partial charge in [-0.25, -0.2) is 0 Å². The predicted molar refractivity (Wildman–Crippen MR) is 152 cm³/mol. The standard InChI is InChI=1S/C31H41BrO9/c1-6-9-25(37)40-27-26(38)31(32)21(11-10-18-16-19(33)12-14-28(18,31)4)20-13-15-30(29(20,27)5,41-24(36)8-3)22(34)17-39-23(35)7-2/h12,14,16,20-21,26-27,38H,6-11,13,15,17H2,1-5H3/t20-,21-,26-,27+,28-,29+,30-,31-/m0/s1. The van der Waals surface area contributed by atoms with Crippen LogP contribution in [0.3, 0.4) is 0 Å². The van der Waals surface area contributed by atoms with E-state index in [9.17, 15) is 29.1 Å². The first-order chi connectivity index (χ1) is 19.3. The van der Waals surface area contributed by atoms with E-state index in [1.807, 2.05) is 19.9 Å². The maximum Gasteiger partial charge on any atom is 0.306 e. The van der Waals surface area contributed by atoms with Crippen molar-refractivity contribution in [3.63, 3.8) is 0 Å². The smallest absolute Gasteiger partial charge is 0.306 e. The maximum atomic E-state index is 14.1. The number of allylic oxidation sites excluding steroid dienone is 4. The molecule has 0 radical (unpaired) electrons. The molecule has 1 N–H and O–H groups in total. The van der Waals surface area contributed by atoms with E-state index in [4.69, 9.17) is 14.2 Å². The lowest BCUT2D eigenvalue weighted by Crippen LogP contribution is -2.75. The highest BCUT2D eigenvalue weighted by atomic mass is 79.9. The largest absolute Gasteiger partial charge is 0.459 e. The number of Topliss-reactive ketones (excluding diaryl/α,β-unsaturated/α-hetero) is 1. The van der Waals surface area contributed by atoms with Crippen LogP contribution in [0.2, 0.25) is 0 Å². The number of aliphatic hydroxyl groups excluding tert-OH is 1. The molecule has 0 aromatic rings. The zero-order valence-electron chi connectivity index (χ0n) is 24.5. The Balaban J connectivity index is 1.90. The highest BCUT2D eigenvalue weighted by Crippen LogP contribution is 2.72. The first-order valence-corrected chi connectivity index (χ1v) is 15.5. The molecule has 0 saturated heterocycles. The minimum atomic E-state index is -1.79. The molecule has 226 valence electrons. The third-order valence-electron chi connectivity index (χ3n) is 10.3. The second-order valence-electron chi connectivity index (χ2n) is 12.1. The minimum Gasteiger partial charge on any atom is -0.459 e. The SMILES string of the molecule is CCCC(=O)O[C@@H]1[C@H](O)[C@@]2(Br)[C@@H](CCC3=CC(=O)C=C[C@@]32C)[C@@H]2CC[C@](OC(=O)CC)(C(=O)COC(=O)CC)[C@@]12C. The summed E-state index contributed by atoms with van der Waals surface area (Å²) in [5.41, 5.74) is -3.03. The summed E-state index contributed by atoms with van der Waals surface area (Å²) < 4.78 is 16.3. The lowest BCUT2D eigenvalue weighted by atomic mass is 9.45. The minimum absolute atomic E-state index is 0.00419. The predicted octanol–water partition coefficient (Wildman–Crippen LogP) is 4.32. The van der Waals surface area contributed by atoms with Gasteiger partial charge in [0.25, 0.3) is 0 Å². The molecule has 10 heteroatoms. The molecule has 3 saturated carbocycles. The van der Waals surface area contributed by atoms with Crippen molar-refractivity contribution in [3.05, 3.63) is 23.8 Å². The molecule has 0 heterocycles. The van der Waals surface area contributed by atoms with Gasteiger partial charge >= 0.3 is 17.9 Å². The van der Waals surface area contributed by atoms with Crippen LogP contribution in [0, 0.1) is 22.7 Å². The number of fused-ring (bicyclic) bond motifs is 5. The van der Waals surface area contributed by atoms with Crippen molar-refractivity contribution in [2.24, 2.45) is 22.7 Å². The van der Waals surface area contributed by atoms with Crippen molar-refractivity contribution < 1.29 is 43.3 Å². The van der Waals surface area contributed by atoms with Crippen LogP contribution in [-0.4, -0.2) is 63.3 Å². The van der Waals surface area contributed by atoms with Gasteiger partial charge in [0.05, 0.1) is 9.74 Å². The summed E-state index contributed by atoms with van der Waals surface area (Å²) in [5, 5.41) is 12.4. The van der Waals surface area contributed by atoms with Gasteiger partial charge in [-0.05, 0) is 56.1 Å². The lowest BCUT2D eigenvalue weighted by Gasteiger charge is -2.66. The van der Waals surface area contributed by atoms with Gasteiger partial charge in [-0.2, -0.15) is 0 Å². The third-order valence-corrected chi connectivity index (χ3v) is 12.1. The molecule has 9 nitrogen and oxygen atoms in total.